The van der Waals surface area contributed by atoms with E-state index >= 15 is 0 Å². The molecule has 0 spiro atoms. The molecule has 2 heterocycles. The summed E-state index contributed by atoms with van der Waals surface area (Å²) in [4.78, 5) is 17.5. The number of likely N-dealkylation sites (tertiary alicyclic amines) is 2. The molecule has 2 N–H and O–H groups in total. The van der Waals surface area contributed by atoms with Crippen LogP contribution < -0.4 is 5.73 Å². The Morgan fingerprint density at radius 3 is 2.55 bits per heavy atom. The Kier molecular flexibility index (Phi) is 5.40. The number of rotatable bonds is 3. The van der Waals surface area contributed by atoms with Gasteiger partial charge in [-0.05, 0) is 69.9 Å². The topological polar surface area (TPSA) is 49.6 Å². The number of hydrogen-bond acceptors (Lipinski definition) is 3. The van der Waals surface area contributed by atoms with E-state index < -0.39 is 0 Å². The molecule has 0 bridgehead atoms. The number of amides is 1. The summed E-state index contributed by atoms with van der Waals surface area (Å²) < 4.78 is 0. The molecule has 4 nitrogen and oxygen atoms in total. The molecule has 2 aliphatic heterocycles. The van der Waals surface area contributed by atoms with Crippen molar-refractivity contribution in [3.63, 3.8) is 0 Å². The fourth-order valence-corrected chi connectivity index (χ4v) is 4.52. The predicted octanol–water partition coefficient (Wildman–Crippen LogP) is 2.08. The van der Waals surface area contributed by atoms with Crippen molar-refractivity contribution in [2.75, 3.05) is 32.7 Å². The quantitative estimate of drug-likeness (QED) is 0.868. The van der Waals surface area contributed by atoms with Crippen LogP contribution in [0.1, 0.15) is 51.9 Å². The second-order valence-electron chi connectivity index (χ2n) is 8.05. The van der Waals surface area contributed by atoms with Crippen LogP contribution in [0, 0.1) is 17.8 Å². The summed E-state index contributed by atoms with van der Waals surface area (Å²) >= 11 is 0. The van der Waals surface area contributed by atoms with Crippen LogP contribution in [0.15, 0.2) is 0 Å². The Labute approximate surface area is 135 Å². The highest BCUT2D eigenvalue weighted by Gasteiger charge is 2.33. The van der Waals surface area contributed by atoms with Gasteiger partial charge in [0.25, 0.3) is 0 Å². The molecule has 3 aliphatic rings. The van der Waals surface area contributed by atoms with Crippen molar-refractivity contribution in [3.05, 3.63) is 0 Å². The summed E-state index contributed by atoms with van der Waals surface area (Å²) in [5.74, 6) is 2.18. The maximum atomic E-state index is 12.7. The molecular weight excluding hydrogens is 274 g/mol. The highest BCUT2D eigenvalue weighted by Crippen LogP contribution is 2.28. The molecule has 0 radical (unpaired) electrons. The summed E-state index contributed by atoms with van der Waals surface area (Å²) in [6.07, 6.45) is 8.10. The van der Waals surface area contributed by atoms with Crippen LogP contribution in [-0.4, -0.2) is 54.5 Å². The monoisotopic (exact) mass is 307 g/mol. The zero-order chi connectivity index (χ0) is 15.5. The molecule has 22 heavy (non-hydrogen) atoms. The minimum absolute atomic E-state index is 0.213. The van der Waals surface area contributed by atoms with Gasteiger partial charge in [0.1, 0.15) is 0 Å². The number of hydrogen-bond donors (Lipinski definition) is 1. The Balaban J connectivity index is 1.47. The van der Waals surface area contributed by atoms with Gasteiger partial charge in [0.2, 0.25) is 5.91 Å². The van der Waals surface area contributed by atoms with Gasteiger partial charge in [0.05, 0.1) is 0 Å². The van der Waals surface area contributed by atoms with Crippen molar-refractivity contribution in [2.24, 2.45) is 23.5 Å². The van der Waals surface area contributed by atoms with Crippen LogP contribution in [0.5, 0.6) is 0 Å². The number of piperidine rings is 2. The lowest BCUT2D eigenvalue weighted by Gasteiger charge is -2.38. The molecule has 126 valence electrons. The first-order chi connectivity index (χ1) is 10.6. The number of carbonyl (C=O) groups excluding carboxylic acids is 1. The molecule has 3 atom stereocenters. The molecule has 1 amide bonds. The third-order valence-electron chi connectivity index (χ3n) is 6.05. The minimum atomic E-state index is 0.213. The maximum Gasteiger partial charge on any atom is 0.225 e. The van der Waals surface area contributed by atoms with Crippen molar-refractivity contribution in [1.29, 1.82) is 0 Å². The van der Waals surface area contributed by atoms with Crippen molar-refractivity contribution in [3.8, 4) is 0 Å². The van der Waals surface area contributed by atoms with Crippen LogP contribution in [0.4, 0.5) is 0 Å². The molecule has 4 heteroatoms. The highest BCUT2D eigenvalue weighted by atomic mass is 16.2. The second kappa shape index (κ2) is 7.31. The summed E-state index contributed by atoms with van der Waals surface area (Å²) in [7, 11) is 0. The van der Waals surface area contributed by atoms with Crippen LogP contribution in [0.2, 0.25) is 0 Å². The number of carbonyl (C=O) groups is 1. The highest BCUT2D eigenvalue weighted by molar-refractivity contribution is 5.79. The Bertz CT molecular complexity index is 379. The molecule has 2 saturated heterocycles. The molecule has 0 aromatic carbocycles. The first-order valence-electron chi connectivity index (χ1n) is 9.38. The first kappa shape index (κ1) is 16.3. The lowest BCUT2D eigenvalue weighted by molar-refractivity contribution is -0.137. The van der Waals surface area contributed by atoms with Crippen LogP contribution >= 0.6 is 0 Å². The molecule has 0 aromatic rings. The van der Waals surface area contributed by atoms with Crippen molar-refractivity contribution < 1.29 is 4.79 Å². The average Bonchev–Trinajstić information content (AvgIpc) is 2.96. The van der Waals surface area contributed by atoms with Gasteiger partial charge in [-0.1, -0.05) is 6.92 Å². The van der Waals surface area contributed by atoms with Crippen molar-refractivity contribution in [1.82, 2.24) is 9.80 Å². The van der Waals surface area contributed by atoms with Crippen LogP contribution in [0.25, 0.3) is 0 Å². The van der Waals surface area contributed by atoms with E-state index in [0.29, 0.717) is 11.8 Å². The van der Waals surface area contributed by atoms with E-state index in [1.165, 1.54) is 45.3 Å². The Hall–Kier alpha value is -0.610. The molecule has 1 saturated carbocycles. The molecule has 3 rings (SSSR count). The summed E-state index contributed by atoms with van der Waals surface area (Å²) in [5, 5.41) is 0. The van der Waals surface area contributed by atoms with Crippen molar-refractivity contribution in [2.45, 2.75) is 57.9 Å². The molecule has 3 unspecified atom stereocenters. The third kappa shape index (κ3) is 4.02. The summed E-state index contributed by atoms with van der Waals surface area (Å²) in [6.45, 7) is 8.02. The summed E-state index contributed by atoms with van der Waals surface area (Å²) in [6, 6.07) is 0.255. The fourth-order valence-electron chi connectivity index (χ4n) is 4.52. The van der Waals surface area contributed by atoms with E-state index in [1.807, 2.05) is 0 Å². The molecular formula is C18H33N3O. The normalized spacial score (nSPS) is 35.0. The number of nitrogens with zero attached hydrogens (tertiary/aromatic N) is 2. The Morgan fingerprint density at radius 2 is 1.86 bits per heavy atom. The maximum absolute atomic E-state index is 12.7. The summed E-state index contributed by atoms with van der Waals surface area (Å²) in [5.41, 5.74) is 5.98. The van der Waals surface area contributed by atoms with Gasteiger partial charge in [0, 0.05) is 31.6 Å². The molecule has 0 aromatic heterocycles. The zero-order valence-corrected chi connectivity index (χ0v) is 14.2. The standard InChI is InChI=1S/C18H33N3O/c1-14-6-9-20(10-7-14)12-15-3-2-8-21(13-15)18(22)16-4-5-17(19)11-16/h14-17H,2-13,19H2,1H3. The average molecular weight is 307 g/mol. The lowest BCUT2D eigenvalue weighted by Crippen LogP contribution is -2.46. The SMILES string of the molecule is CC1CCN(CC2CCCN(C(=O)C3CCC(N)C3)C2)CC1. The van der Waals surface area contributed by atoms with Gasteiger partial charge in [-0.3, -0.25) is 4.79 Å². The predicted molar refractivity (Wildman–Crippen MR) is 89.5 cm³/mol. The molecule has 3 fully saturated rings. The second-order valence-corrected chi connectivity index (χ2v) is 8.05. The largest absolute Gasteiger partial charge is 0.342 e. The van der Waals surface area contributed by atoms with Gasteiger partial charge < -0.3 is 15.5 Å². The Morgan fingerprint density at radius 1 is 1.09 bits per heavy atom. The smallest absolute Gasteiger partial charge is 0.225 e. The number of nitrogens with two attached hydrogens (primary N) is 1. The van der Waals surface area contributed by atoms with E-state index in [-0.39, 0.29) is 12.0 Å². The van der Waals surface area contributed by atoms with E-state index in [4.69, 9.17) is 5.73 Å². The van der Waals surface area contributed by atoms with E-state index in [0.717, 1.165) is 38.3 Å². The van der Waals surface area contributed by atoms with Gasteiger partial charge >= 0.3 is 0 Å². The van der Waals surface area contributed by atoms with E-state index in [1.54, 1.807) is 0 Å². The van der Waals surface area contributed by atoms with Crippen LogP contribution in [0.3, 0.4) is 0 Å². The van der Waals surface area contributed by atoms with Gasteiger partial charge in [-0.15, -0.1) is 0 Å². The lowest BCUT2D eigenvalue weighted by atomic mass is 9.93. The van der Waals surface area contributed by atoms with E-state index in [2.05, 4.69) is 16.7 Å². The van der Waals surface area contributed by atoms with Crippen molar-refractivity contribution >= 4 is 5.91 Å². The van der Waals surface area contributed by atoms with Crippen LogP contribution in [-0.2, 0) is 4.79 Å². The third-order valence-corrected chi connectivity index (χ3v) is 6.05. The zero-order valence-electron chi connectivity index (χ0n) is 14.2. The molecule has 1 aliphatic carbocycles. The van der Waals surface area contributed by atoms with Gasteiger partial charge in [-0.2, -0.15) is 0 Å². The van der Waals surface area contributed by atoms with Gasteiger partial charge in [-0.25, -0.2) is 0 Å². The fraction of sp³-hybridized carbons (Fsp3) is 0.944. The first-order valence-corrected chi connectivity index (χ1v) is 9.38. The van der Waals surface area contributed by atoms with E-state index in [9.17, 15) is 4.79 Å². The minimum Gasteiger partial charge on any atom is -0.342 e. The van der Waals surface area contributed by atoms with Gasteiger partial charge in [0.15, 0.2) is 0 Å².